The number of benzene rings is 3. The molecule has 33 heavy (non-hydrogen) atoms. The average molecular weight is 480 g/mol. The van der Waals surface area contributed by atoms with Crippen molar-refractivity contribution in [3.63, 3.8) is 0 Å². The zero-order valence-corrected chi connectivity index (χ0v) is 19.7. The van der Waals surface area contributed by atoms with Crippen LogP contribution in [-0.2, 0) is 11.3 Å². The van der Waals surface area contributed by atoms with Gasteiger partial charge in [-0.25, -0.2) is 4.98 Å². The van der Waals surface area contributed by atoms with Crippen molar-refractivity contribution in [3.05, 3.63) is 93.7 Å². The zero-order chi connectivity index (χ0) is 23.4. The predicted octanol–water partition coefficient (Wildman–Crippen LogP) is 5.23. The molecular formula is C25H22ClN3O3S. The lowest BCUT2D eigenvalue weighted by Crippen LogP contribution is -2.27. The molecule has 8 heteroatoms. The quantitative estimate of drug-likeness (QED) is 0.290. The highest BCUT2D eigenvalue weighted by atomic mass is 35.5. The standard InChI is InChI=1S/C25H22ClN3O3S/c1-16(23(30)27-21-14-18(26)12-13-22(21)32-2)33-25-28-20-11-7-6-10-19(20)24(31)29(25)15-17-8-4-3-5-9-17/h3-14,16H,15H2,1-2H3,(H,27,30). The lowest BCUT2D eigenvalue weighted by atomic mass is 10.2. The lowest BCUT2D eigenvalue weighted by Gasteiger charge is -2.17. The fourth-order valence-electron chi connectivity index (χ4n) is 3.37. The van der Waals surface area contributed by atoms with E-state index in [0.29, 0.717) is 39.1 Å². The summed E-state index contributed by atoms with van der Waals surface area (Å²) in [5.74, 6) is 0.254. The van der Waals surface area contributed by atoms with Gasteiger partial charge in [0.05, 0.1) is 35.5 Å². The first-order valence-corrected chi connectivity index (χ1v) is 11.6. The maximum Gasteiger partial charge on any atom is 0.262 e. The number of carbonyl (C=O) groups excluding carboxylic acids is 1. The maximum absolute atomic E-state index is 13.3. The van der Waals surface area contributed by atoms with E-state index in [2.05, 4.69) is 5.32 Å². The molecule has 0 aliphatic carbocycles. The van der Waals surface area contributed by atoms with Crippen molar-refractivity contribution in [1.82, 2.24) is 9.55 Å². The van der Waals surface area contributed by atoms with Gasteiger partial charge in [0.2, 0.25) is 5.91 Å². The number of carbonyl (C=O) groups is 1. The Hall–Kier alpha value is -3.29. The zero-order valence-electron chi connectivity index (χ0n) is 18.1. The maximum atomic E-state index is 13.3. The summed E-state index contributed by atoms with van der Waals surface area (Å²) in [6.07, 6.45) is 0. The van der Waals surface area contributed by atoms with Crippen LogP contribution in [0.1, 0.15) is 12.5 Å². The Morgan fingerprint density at radius 1 is 1.12 bits per heavy atom. The van der Waals surface area contributed by atoms with Gasteiger partial charge in [-0.3, -0.25) is 14.2 Å². The number of anilines is 1. The second kappa shape index (κ2) is 10.1. The minimum absolute atomic E-state index is 0.143. The van der Waals surface area contributed by atoms with Crippen LogP contribution in [-0.4, -0.2) is 27.8 Å². The first-order chi connectivity index (χ1) is 16.0. The summed E-state index contributed by atoms with van der Waals surface area (Å²) in [6, 6.07) is 21.9. The molecule has 1 unspecified atom stereocenters. The molecule has 0 saturated carbocycles. The van der Waals surface area contributed by atoms with E-state index in [1.807, 2.05) is 42.5 Å². The molecule has 4 rings (SSSR count). The van der Waals surface area contributed by atoms with Crippen LogP contribution in [0.3, 0.4) is 0 Å². The van der Waals surface area contributed by atoms with E-state index < -0.39 is 5.25 Å². The molecule has 0 spiro atoms. The molecule has 1 heterocycles. The number of rotatable bonds is 7. The van der Waals surface area contributed by atoms with Crippen molar-refractivity contribution in [2.75, 3.05) is 12.4 Å². The smallest absolute Gasteiger partial charge is 0.262 e. The number of amides is 1. The first kappa shape index (κ1) is 22.9. The Kier molecular flexibility index (Phi) is 7.01. The van der Waals surface area contributed by atoms with Gasteiger partial charge in [-0.1, -0.05) is 65.8 Å². The van der Waals surface area contributed by atoms with Crippen molar-refractivity contribution in [2.45, 2.75) is 23.9 Å². The van der Waals surface area contributed by atoms with Crippen molar-refractivity contribution >= 4 is 45.9 Å². The molecule has 0 aliphatic heterocycles. The van der Waals surface area contributed by atoms with Gasteiger partial charge in [-0.05, 0) is 42.8 Å². The minimum atomic E-state index is -0.538. The molecule has 1 amide bonds. The summed E-state index contributed by atoms with van der Waals surface area (Å²) in [5, 5.41) is 3.82. The number of halogens is 1. The van der Waals surface area contributed by atoms with Crippen LogP contribution in [0.25, 0.3) is 10.9 Å². The van der Waals surface area contributed by atoms with Gasteiger partial charge < -0.3 is 10.1 Å². The number of ether oxygens (including phenoxy) is 1. The molecule has 3 aromatic carbocycles. The summed E-state index contributed by atoms with van der Waals surface area (Å²) in [4.78, 5) is 31.0. The Balaban J connectivity index is 1.66. The Morgan fingerprint density at radius 3 is 2.61 bits per heavy atom. The van der Waals surface area contributed by atoms with Gasteiger partial charge in [0.15, 0.2) is 5.16 Å². The normalized spacial score (nSPS) is 11.8. The number of hydrogen-bond acceptors (Lipinski definition) is 5. The number of thioether (sulfide) groups is 1. The topological polar surface area (TPSA) is 73.2 Å². The van der Waals surface area contributed by atoms with Gasteiger partial charge in [-0.2, -0.15) is 0 Å². The SMILES string of the molecule is COc1ccc(Cl)cc1NC(=O)C(C)Sc1nc2ccccc2c(=O)n1Cc1ccccc1. The van der Waals surface area contributed by atoms with E-state index in [0.717, 1.165) is 5.56 Å². The van der Waals surface area contributed by atoms with Crippen LogP contribution in [0.15, 0.2) is 82.7 Å². The largest absolute Gasteiger partial charge is 0.495 e. The van der Waals surface area contributed by atoms with Gasteiger partial charge in [0.25, 0.3) is 5.56 Å². The van der Waals surface area contributed by atoms with Gasteiger partial charge in [-0.15, -0.1) is 0 Å². The number of para-hydroxylation sites is 1. The van der Waals surface area contributed by atoms with Crippen LogP contribution in [0.4, 0.5) is 5.69 Å². The Labute approximate surface area is 200 Å². The highest BCUT2D eigenvalue weighted by Crippen LogP contribution is 2.29. The predicted molar refractivity (Wildman–Crippen MR) is 133 cm³/mol. The van der Waals surface area contributed by atoms with Gasteiger partial charge in [0, 0.05) is 5.02 Å². The summed E-state index contributed by atoms with van der Waals surface area (Å²) in [6.45, 7) is 2.13. The summed E-state index contributed by atoms with van der Waals surface area (Å²) in [7, 11) is 1.53. The van der Waals surface area contributed by atoms with E-state index in [4.69, 9.17) is 21.3 Å². The van der Waals surface area contributed by atoms with Crippen LogP contribution in [0.2, 0.25) is 5.02 Å². The molecule has 1 atom stereocenters. The summed E-state index contributed by atoms with van der Waals surface area (Å²) >= 11 is 7.31. The number of methoxy groups -OCH3 is 1. The van der Waals surface area contributed by atoms with Gasteiger partial charge in [0.1, 0.15) is 5.75 Å². The van der Waals surface area contributed by atoms with E-state index >= 15 is 0 Å². The third kappa shape index (κ3) is 5.21. The number of aromatic nitrogens is 2. The van der Waals surface area contributed by atoms with Crippen molar-refractivity contribution < 1.29 is 9.53 Å². The molecule has 168 valence electrons. The molecule has 1 aromatic heterocycles. The number of hydrogen-bond donors (Lipinski definition) is 1. The van der Waals surface area contributed by atoms with E-state index in [1.54, 1.807) is 41.8 Å². The molecule has 0 aliphatic rings. The molecule has 1 N–H and O–H groups in total. The highest BCUT2D eigenvalue weighted by molar-refractivity contribution is 8.00. The van der Waals surface area contributed by atoms with Crippen LogP contribution < -0.4 is 15.6 Å². The fraction of sp³-hybridized carbons (Fsp3) is 0.160. The molecule has 6 nitrogen and oxygen atoms in total. The summed E-state index contributed by atoms with van der Waals surface area (Å²) in [5.41, 5.74) is 1.91. The third-order valence-corrected chi connectivity index (χ3v) is 6.41. The second-order valence-electron chi connectivity index (χ2n) is 7.38. The molecule has 0 bridgehead atoms. The second-order valence-corrected chi connectivity index (χ2v) is 9.13. The number of nitrogens with zero attached hydrogens (tertiary/aromatic N) is 2. The molecule has 4 aromatic rings. The van der Waals surface area contributed by atoms with Crippen LogP contribution >= 0.6 is 23.4 Å². The lowest BCUT2D eigenvalue weighted by molar-refractivity contribution is -0.115. The first-order valence-electron chi connectivity index (χ1n) is 10.3. The summed E-state index contributed by atoms with van der Waals surface area (Å²) < 4.78 is 6.93. The van der Waals surface area contributed by atoms with E-state index in [-0.39, 0.29) is 11.5 Å². The Morgan fingerprint density at radius 2 is 1.85 bits per heavy atom. The molecule has 0 saturated heterocycles. The minimum Gasteiger partial charge on any atom is -0.495 e. The van der Waals surface area contributed by atoms with Crippen LogP contribution in [0, 0.1) is 0 Å². The Bertz CT molecular complexity index is 1360. The average Bonchev–Trinajstić information content (AvgIpc) is 2.82. The third-order valence-electron chi connectivity index (χ3n) is 5.08. The number of fused-ring (bicyclic) bond motifs is 1. The monoisotopic (exact) mass is 479 g/mol. The van der Waals surface area contributed by atoms with Crippen molar-refractivity contribution in [2.24, 2.45) is 0 Å². The van der Waals surface area contributed by atoms with Crippen molar-refractivity contribution in [3.8, 4) is 5.75 Å². The van der Waals surface area contributed by atoms with E-state index in [9.17, 15) is 9.59 Å². The molecular weight excluding hydrogens is 458 g/mol. The number of nitrogens with one attached hydrogen (secondary N) is 1. The van der Waals surface area contributed by atoms with E-state index in [1.165, 1.54) is 18.9 Å². The highest BCUT2D eigenvalue weighted by Gasteiger charge is 2.21. The fourth-order valence-corrected chi connectivity index (χ4v) is 4.45. The molecule has 0 radical (unpaired) electrons. The van der Waals surface area contributed by atoms with Gasteiger partial charge >= 0.3 is 0 Å². The van der Waals surface area contributed by atoms with Crippen molar-refractivity contribution in [1.29, 1.82) is 0 Å². The van der Waals surface area contributed by atoms with Crippen LogP contribution in [0.5, 0.6) is 5.75 Å². The molecule has 0 fully saturated rings.